The van der Waals surface area contributed by atoms with Crippen molar-refractivity contribution in [3.8, 4) is 16.9 Å². The minimum atomic E-state index is -0.189. The fraction of sp³-hybridized carbons (Fsp3) is 0.333. The Balaban J connectivity index is 1.73. The Morgan fingerprint density at radius 2 is 1.88 bits per heavy atom. The molecule has 0 atom stereocenters. The van der Waals surface area contributed by atoms with Gasteiger partial charge in [-0.25, -0.2) is 4.98 Å². The fourth-order valence-electron chi connectivity index (χ4n) is 3.19. The summed E-state index contributed by atoms with van der Waals surface area (Å²) in [5, 5.41) is 14.3. The lowest BCUT2D eigenvalue weighted by molar-refractivity contribution is 0.145. The summed E-state index contributed by atoms with van der Waals surface area (Å²) in [6.45, 7) is 1.66. The first-order chi connectivity index (χ1) is 11.8. The number of methoxy groups -OCH3 is 1. The van der Waals surface area contributed by atoms with Crippen LogP contribution in [0.4, 0.5) is 5.82 Å². The molecule has 0 unspecified atom stereocenters. The Hall–Kier alpha value is -2.60. The van der Waals surface area contributed by atoms with Gasteiger partial charge >= 0.3 is 0 Å². The molecule has 2 aromatic heterocycles. The molecule has 4 rings (SSSR count). The highest BCUT2D eigenvalue weighted by atomic mass is 16.5. The Morgan fingerprint density at radius 1 is 1.12 bits per heavy atom. The highest BCUT2D eigenvalue weighted by Gasteiger charge is 2.20. The summed E-state index contributed by atoms with van der Waals surface area (Å²) < 4.78 is 7.10. The number of nitrogens with zero attached hydrogens (tertiary/aromatic N) is 4. The smallest absolute Gasteiger partial charge is 0.165 e. The van der Waals surface area contributed by atoms with Crippen LogP contribution in [0.15, 0.2) is 42.7 Å². The van der Waals surface area contributed by atoms with E-state index in [9.17, 15) is 5.11 Å². The number of aromatic nitrogens is 3. The fourth-order valence-corrected chi connectivity index (χ4v) is 3.19. The summed E-state index contributed by atoms with van der Waals surface area (Å²) >= 11 is 0. The summed E-state index contributed by atoms with van der Waals surface area (Å²) in [4.78, 5) is 6.78. The minimum Gasteiger partial charge on any atom is -0.497 e. The quantitative estimate of drug-likeness (QED) is 0.801. The van der Waals surface area contributed by atoms with Crippen LogP contribution in [-0.2, 0) is 0 Å². The summed E-state index contributed by atoms with van der Waals surface area (Å²) in [7, 11) is 1.66. The zero-order chi connectivity index (χ0) is 16.5. The lowest BCUT2D eigenvalue weighted by Gasteiger charge is -2.31. The van der Waals surface area contributed by atoms with Crippen molar-refractivity contribution in [1.82, 2.24) is 14.6 Å². The molecule has 0 spiro atoms. The monoisotopic (exact) mass is 324 g/mol. The van der Waals surface area contributed by atoms with E-state index in [0.717, 1.165) is 54.3 Å². The van der Waals surface area contributed by atoms with Gasteiger partial charge in [-0.05, 0) is 36.6 Å². The molecule has 24 heavy (non-hydrogen) atoms. The Labute approximate surface area is 140 Å². The second-order valence-corrected chi connectivity index (χ2v) is 6.04. The van der Waals surface area contributed by atoms with Gasteiger partial charge < -0.3 is 14.7 Å². The van der Waals surface area contributed by atoms with Crippen LogP contribution in [0.5, 0.6) is 5.75 Å². The molecule has 1 fully saturated rings. The van der Waals surface area contributed by atoms with Crippen LogP contribution in [0.1, 0.15) is 12.8 Å². The Morgan fingerprint density at radius 3 is 2.58 bits per heavy atom. The third kappa shape index (κ3) is 2.59. The lowest BCUT2D eigenvalue weighted by atomic mass is 10.1. The number of piperidine rings is 1. The van der Waals surface area contributed by atoms with Gasteiger partial charge in [0, 0.05) is 24.8 Å². The van der Waals surface area contributed by atoms with Crippen LogP contribution in [0, 0.1) is 0 Å². The number of hydrogen-bond donors (Lipinski definition) is 1. The summed E-state index contributed by atoms with van der Waals surface area (Å²) in [5.74, 6) is 1.85. The molecule has 1 aliphatic heterocycles. The van der Waals surface area contributed by atoms with Crippen molar-refractivity contribution >= 4 is 11.5 Å². The molecule has 0 amide bonds. The van der Waals surface area contributed by atoms with E-state index in [2.05, 4.69) is 15.0 Å². The van der Waals surface area contributed by atoms with E-state index in [1.165, 1.54) is 0 Å². The molecule has 1 N–H and O–H groups in total. The normalized spacial score (nSPS) is 15.8. The van der Waals surface area contributed by atoms with Gasteiger partial charge in [-0.3, -0.25) is 0 Å². The summed E-state index contributed by atoms with van der Waals surface area (Å²) in [6, 6.07) is 9.89. The number of benzene rings is 1. The maximum absolute atomic E-state index is 9.71. The van der Waals surface area contributed by atoms with E-state index in [0.29, 0.717) is 0 Å². The first-order valence-corrected chi connectivity index (χ1v) is 8.16. The third-order valence-corrected chi connectivity index (χ3v) is 4.57. The van der Waals surface area contributed by atoms with Crippen molar-refractivity contribution in [3.63, 3.8) is 0 Å². The van der Waals surface area contributed by atoms with Crippen molar-refractivity contribution in [2.75, 3.05) is 25.1 Å². The topological polar surface area (TPSA) is 62.9 Å². The number of hydrogen-bond acceptors (Lipinski definition) is 5. The largest absolute Gasteiger partial charge is 0.497 e. The molecule has 0 radical (unpaired) electrons. The minimum absolute atomic E-state index is 0.189. The highest BCUT2D eigenvalue weighted by molar-refractivity contribution is 5.78. The summed E-state index contributed by atoms with van der Waals surface area (Å²) in [5.41, 5.74) is 2.89. The van der Waals surface area contributed by atoms with E-state index in [1.807, 2.05) is 47.2 Å². The van der Waals surface area contributed by atoms with Crippen molar-refractivity contribution in [3.05, 3.63) is 42.7 Å². The molecule has 3 heterocycles. The molecular formula is C18H20N4O2. The SMILES string of the molecule is COc1ccc(-c2cnn3c(N4CCC(O)CC4)ccnc23)cc1. The van der Waals surface area contributed by atoms with Gasteiger partial charge in [0.2, 0.25) is 0 Å². The zero-order valence-electron chi connectivity index (χ0n) is 13.6. The van der Waals surface area contributed by atoms with Crippen LogP contribution < -0.4 is 9.64 Å². The number of anilines is 1. The van der Waals surface area contributed by atoms with Crippen LogP contribution in [0.2, 0.25) is 0 Å². The van der Waals surface area contributed by atoms with Gasteiger partial charge in [0.25, 0.3) is 0 Å². The van der Waals surface area contributed by atoms with Crippen molar-refractivity contribution < 1.29 is 9.84 Å². The van der Waals surface area contributed by atoms with Crippen LogP contribution >= 0.6 is 0 Å². The Kier molecular flexibility index (Phi) is 3.82. The van der Waals surface area contributed by atoms with Gasteiger partial charge in [0.1, 0.15) is 11.6 Å². The average Bonchev–Trinajstić information content (AvgIpc) is 3.07. The molecule has 124 valence electrons. The molecular weight excluding hydrogens is 304 g/mol. The predicted octanol–water partition coefficient (Wildman–Crippen LogP) is 2.37. The maximum atomic E-state index is 9.71. The third-order valence-electron chi connectivity index (χ3n) is 4.57. The molecule has 6 nitrogen and oxygen atoms in total. The van der Waals surface area contributed by atoms with Gasteiger partial charge in [0.15, 0.2) is 5.65 Å². The second kappa shape index (κ2) is 6.13. The maximum Gasteiger partial charge on any atom is 0.165 e. The molecule has 1 aliphatic rings. The lowest BCUT2D eigenvalue weighted by Crippen LogP contribution is -2.36. The first kappa shape index (κ1) is 15.0. The molecule has 0 bridgehead atoms. The van der Waals surface area contributed by atoms with Crippen LogP contribution in [0.3, 0.4) is 0 Å². The standard InChI is InChI=1S/C18H20N4O2/c1-24-15-4-2-13(3-5-15)16-12-20-22-17(6-9-19-18(16)22)21-10-7-14(23)8-11-21/h2-6,9,12,14,23H,7-8,10-11H2,1H3. The molecule has 0 saturated carbocycles. The first-order valence-electron chi connectivity index (χ1n) is 8.16. The average molecular weight is 324 g/mol. The van der Waals surface area contributed by atoms with E-state index in [4.69, 9.17) is 4.74 Å². The number of aliphatic hydroxyl groups is 1. The molecule has 3 aromatic rings. The van der Waals surface area contributed by atoms with Crippen LogP contribution in [0.25, 0.3) is 16.8 Å². The highest BCUT2D eigenvalue weighted by Crippen LogP contribution is 2.28. The van der Waals surface area contributed by atoms with Crippen molar-refractivity contribution in [2.24, 2.45) is 0 Å². The second-order valence-electron chi connectivity index (χ2n) is 6.04. The van der Waals surface area contributed by atoms with E-state index in [-0.39, 0.29) is 6.10 Å². The molecule has 1 aromatic carbocycles. The summed E-state index contributed by atoms with van der Waals surface area (Å²) in [6.07, 6.45) is 5.06. The number of rotatable bonds is 3. The van der Waals surface area contributed by atoms with E-state index < -0.39 is 0 Å². The van der Waals surface area contributed by atoms with E-state index in [1.54, 1.807) is 7.11 Å². The van der Waals surface area contributed by atoms with Gasteiger partial charge in [-0.15, -0.1) is 0 Å². The van der Waals surface area contributed by atoms with Crippen LogP contribution in [-0.4, -0.2) is 46.0 Å². The van der Waals surface area contributed by atoms with Crippen molar-refractivity contribution in [2.45, 2.75) is 18.9 Å². The zero-order valence-corrected chi connectivity index (χ0v) is 13.6. The van der Waals surface area contributed by atoms with Crippen molar-refractivity contribution in [1.29, 1.82) is 0 Å². The van der Waals surface area contributed by atoms with Gasteiger partial charge in [-0.1, -0.05) is 12.1 Å². The molecule has 6 heteroatoms. The molecule has 1 saturated heterocycles. The molecule has 0 aliphatic carbocycles. The Bertz CT molecular complexity index is 836. The predicted molar refractivity (Wildman–Crippen MR) is 92.4 cm³/mol. The number of aliphatic hydroxyl groups excluding tert-OH is 1. The number of ether oxygens (including phenoxy) is 1. The van der Waals surface area contributed by atoms with Gasteiger partial charge in [0.05, 0.1) is 19.4 Å². The number of fused-ring (bicyclic) bond motifs is 1. The van der Waals surface area contributed by atoms with Gasteiger partial charge in [-0.2, -0.15) is 9.61 Å². The van der Waals surface area contributed by atoms with E-state index >= 15 is 0 Å².